The summed E-state index contributed by atoms with van der Waals surface area (Å²) >= 11 is 0. The number of nitrogens with one attached hydrogen (secondary N) is 1. The van der Waals surface area contributed by atoms with Gasteiger partial charge in [0.25, 0.3) is 0 Å². The molecule has 3 fully saturated rings. The van der Waals surface area contributed by atoms with Gasteiger partial charge in [0.2, 0.25) is 0 Å². The summed E-state index contributed by atoms with van der Waals surface area (Å²) in [5.74, 6) is 2.07. The highest BCUT2D eigenvalue weighted by atomic mass is 16.5. The second-order valence-electron chi connectivity index (χ2n) is 5.69. The predicted molar refractivity (Wildman–Crippen MR) is 64.5 cm³/mol. The first-order valence-electron chi connectivity index (χ1n) is 6.95. The molecule has 0 unspecified atom stereocenters. The van der Waals surface area contributed by atoms with Crippen LogP contribution in [0, 0.1) is 11.8 Å². The van der Waals surface area contributed by atoms with E-state index in [2.05, 4.69) is 10.2 Å². The number of hydrogen-bond acceptors (Lipinski definition) is 3. The first-order valence-corrected chi connectivity index (χ1v) is 6.95. The molecule has 0 aromatic heterocycles. The fourth-order valence-electron chi connectivity index (χ4n) is 3.73. The van der Waals surface area contributed by atoms with Crippen molar-refractivity contribution in [3.05, 3.63) is 0 Å². The smallest absolute Gasteiger partial charge is 0.0594 e. The number of fused-ring (bicyclic) bond motifs is 2. The molecular weight excluding hydrogens is 200 g/mol. The number of hydrogen-bond donors (Lipinski definition) is 1. The van der Waals surface area contributed by atoms with Gasteiger partial charge >= 0.3 is 0 Å². The highest BCUT2D eigenvalue weighted by molar-refractivity contribution is 4.94. The fraction of sp³-hybridized carbons (Fsp3) is 1.00. The van der Waals surface area contributed by atoms with Gasteiger partial charge in [-0.1, -0.05) is 6.42 Å². The molecule has 2 aliphatic carbocycles. The molecule has 1 saturated heterocycles. The van der Waals surface area contributed by atoms with E-state index in [1.54, 1.807) is 0 Å². The maximum atomic E-state index is 5.36. The molecule has 2 saturated carbocycles. The second-order valence-corrected chi connectivity index (χ2v) is 5.69. The van der Waals surface area contributed by atoms with Crippen LogP contribution in [0.5, 0.6) is 0 Å². The Morgan fingerprint density at radius 2 is 2.00 bits per heavy atom. The molecule has 0 radical (unpaired) electrons. The molecule has 0 aromatic carbocycles. The van der Waals surface area contributed by atoms with Crippen molar-refractivity contribution in [3.63, 3.8) is 0 Å². The lowest BCUT2D eigenvalue weighted by atomic mass is 9.95. The van der Waals surface area contributed by atoms with Gasteiger partial charge in [0, 0.05) is 32.2 Å². The third-order valence-corrected chi connectivity index (χ3v) is 4.68. The van der Waals surface area contributed by atoms with Crippen molar-refractivity contribution in [3.8, 4) is 0 Å². The van der Waals surface area contributed by atoms with Crippen molar-refractivity contribution in [2.24, 2.45) is 11.8 Å². The molecule has 3 heteroatoms. The largest absolute Gasteiger partial charge is 0.379 e. The van der Waals surface area contributed by atoms with Crippen LogP contribution in [-0.2, 0) is 4.74 Å². The summed E-state index contributed by atoms with van der Waals surface area (Å²) in [6, 6.07) is 0.847. The van der Waals surface area contributed by atoms with Crippen LogP contribution >= 0.6 is 0 Å². The van der Waals surface area contributed by atoms with Crippen LogP contribution in [0.1, 0.15) is 25.7 Å². The van der Waals surface area contributed by atoms with E-state index in [0.29, 0.717) is 0 Å². The average molecular weight is 224 g/mol. The summed E-state index contributed by atoms with van der Waals surface area (Å²) in [4.78, 5) is 2.52. The summed E-state index contributed by atoms with van der Waals surface area (Å²) < 4.78 is 5.36. The molecule has 0 aromatic rings. The summed E-state index contributed by atoms with van der Waals surface area (Å²) in [7, 11) is 0. The number of rotatable bonds is 4. The molecular formula is C13H24N2O. The van der Waals surface area contributed by atoms with Gasteiger partial charge in [0.05, 0.1) is 13.2 Å². The van der Waals surface area contributed by atoms with Crippen LogP contribution in [0.25, 0.3) is 0 Å². The van der Waals surface area contributed by atoms with E-state index in [9.17, 15) is 0 Å². The zero-order chi connectivity index (χ0) is 10.8. The van der Waals surface area contributed by atoms with Crippen LogP contribution < -0.4 is 5.32 Å². The van der Waals surface area contributed by atoms with Gasteiger partial charge < -0.3 is 10.1 Å². The Hall–Kier alpha value is -0.120. The van der Waals surface area contributed by atoms with Crippen LogP contribution in [0.15, 0.2) is 0 Å². The number of ether oxygens (including phenoxy) is 1. The molecule has 3 rings (SSSR count). The fourth-order valence-corrected chi connectivity index (χ4v) is 3.73. The molecule has 2 bridgehead atoms. The van der Waals surface area contributed by atoms with E-state index in [-0.39, 0.29) is 0 Å². The van der Waals surface area contributed by atoms with E-state index in [4.69, 9.17) is 4.74 Å². The summed E-state index contributed by atoms with van der Waals surface area (Å²) in [6.07, 6.45) is 5.95. The van der Waals surface area contributed by atoms with Crippen LogP contribution in [0.2, 0.25) is 0 Å². The van der Waals surface area contributed by atoms with E-state index >= 15 is 0 Å². The third-order valence-electron chi connectivity index (χ3n) is 4.68. The minimum Gasteiger partial charge on any atom is -0.379 e. The van der Waals surface area contributed by atoms with Crippen molar-refractivity contribution in [2.45, 2.75) is 31.7 Å². The lowest BCUT2D eigenvalue weighted by molar-refractivity contribution is 0.0379. The first-order chi connectivity index (χ1) is 7.92. The second kappa shape index (κ2) is 5.03. The van der Waals surface area contributed by atoms with Crippen molar-refractivity contribution in [1.29, 1.82) is 0 Å². The Morgan fingerprint density at radius 3 is 2.69 bits per heavy atom. The van der Waals surface area contributed by atoms with Gasteiger partial charge in [-0.25, -0.2) is 0 Å². The standard InChI is InChI=1S/C13H24N2O/c1-2-12-9-11(1)10-13(12)14-3-4-15-5-7-16-8-6-15/h11-14H,1-10H2/t11-,12-,13+/m1/s1. The summed E-state index contributed by atoms with van der Waals surface area (Å²) in [5, 5.41) is 3.78. The molecule has 0 spiro atoms. The SMILES string of the molecule is C(CN1CCOCC1)N[C@H]1C[C@@H]2CC[C@@H]1C2. The molecule has 92 valence electrons. The highest BCUT2D eigenvalue weighted by Crippen LogP contribution is 2.44. The Morgan fingerprint density at radius 1 is 1.12 bits per heavy atom. The Balaban J connectivity index is 1.34. The van der Waals surface area contributed by atoms with Crippen LogP contribution in [0.4, 0.5) is 0 Å². The first kappa shape index (κ1) is 11.0. The Labute approximate surface area is 98.5 Å². The van der Waals surface area contributed by atoms with Crippen molar-refractivity contribution in [1.82, 2.24) is 10.2 Å². The van der Waals surface area contributed by atoms with E-state index in [0.717, 1.165) is 44.2 Å². The quantitative estimate of drug-likeness (QED) is 0.774. The minimum absolute atomic E-state index is 0.847. The van der Waals surface area contributed by atoms with Gasteiger partial charge in [-0.3, -0.25) is 4.90 Å². The maximum absolute atomic E-state index is 5.36. The highest BCUT2D eigenvalue weighted by Gasteiger charge is 2.38. The van der Waals surface area contributed by atoms with Gasteiger partial charge in [0.15, 0.2) is 0 Å². The zero-order valence-electron chi connectivity index (χ0n) is 10.2. The van der Waals surface area contributed by atoms with E-state index < -0.39 is 0 Å². The summed E-state index contributed by atoms with van der Waals surface area (Å²) in [6.45, 7) is 6.48. The van der Waals surface area contributed by atoms with E-state index in [1.165, 1.54) is 38.8 Å². The molecule has 3 nitrogen and oxygen atoms in total. The minimum atomic E-state index is 0.847. The van der Waals surface area contributed by atoms with Crippen molar-refractivity contribution in [2.75, 3.05) is 39.4 Å². The Bertz CT molecular complexity index is 228. The molecule has 0 amide bonds. The number of morpholine rings is 1. The lowest BCUT2D eigenvalue weighted by Crippen LogP contribution is -2.43. The predicted octanol–water partition coefficient (Wildman–Crippen LogP) is 1.10. The number of nitrogens with zero attached hydrogens (tertiary/aromatic N) is 1. The summed E-state index contributed by atoms with van der Waals surface area (Å²) in [5.41, 5.74) is 0. The van der Waals surface area contributed by atoms with Gasteiger partial charge in [0.1, 0.15) is 0 Å². The van der Waals surface area contributed by atoms with Crippen molar-refractivity contribution >= 4 is 0 Å². The molecule has 1 heterocycles. The topological polar surface area (TPSA) is 24.5 Å². The van der Waals surface area contributed by atoms with Crippen LogP contribution in [0.3, 0.4) is 0 Å². The van der Waals surface area contributed by atoms with Gasteiger partial charge in [-0.15, -0.1) is 0 Å². The lowest BCUT2D eigenvalue weighted by Gasteiger charge is -2.28. The normalized spacial score (nSPS) is 39.4. The molecule has 3 atom stereocenters. The molecule has 1 aliphatic heterocycles. The van der Waals surface area contributed by atoms with Crippen LogP contribution in [-0.4, -0.2) is 50.3 Å². The van der Waals surface area contributed by atoms with Gasteiger partial charge in [-0.05, 0) is 31.1 Å². The molecule has 16 heavy (non-hydrogen) atoms. The third kappa shape index (κ3) is 2.41. The average Bonchev–Trinajstić information content (AvgIpc) is 2.92. The zero-order valence-corrected chi connectivity index (χ0v) is 10.2. The molecule has 3 aliphatic rings. The maximum Gasteiger partial charge on any atom is 0.0594 e. The van der Waals surface area contributed by atoms with Crippen molar-refractivity contribution < 1.29 is 4.74 Å². The monoisotopic (exact) mass is 224 g/mol. The Kier molecular flexibility index (Phi) is 3.46. The van der Waals surface area contributed by atoms with Gasteiger partial charge in [-0.2, -0.15) is 0 Å². The molecule has 1 N–H and O–H groups in total. The van der Waals surface area contributed by atoms with E-state index in [1.807, 2.05) is 0 Å².